The summed E-state index contributed by atoms with van der Waals surface area (Å²) in [6.07, 6.45) is 1.48. The van der Waals surface area contributed by atoms with Gasteiger partial charge in [-0.1, -0.05) is 42.5 Å². The number of para-hydroxylation sites is 1. The largest absolute Gasteiger partial charge is 0.342 e. The Hall–Kier alpha value is -4.11. The molecule has 3 aromatic rings. The molecule has 1 unspecified atom stereocenters. The van der Waals surface area contributed by atoms with E-state index >= 15 is 0 Å². The van der Waals surface area contributed by atoms with Gasteiger partial charge in [-0.25, -0.2) is 8.78 Å². The van der Waals surface area contributed by atoms with Crippen molar-refractivity contribution in [3.63, 3.8) is 0 Å². The number of anilines is 1. The van der Waals surface area contributed by atoms with Crippen LogP contribution in [-0.4, -0.2) is 71.7 Å². The van der Waals surface area contributed by atoms with Crippen LogP contribution in [0.4, 0.5) is 14.5 Å². The SMILES string of the molecule is CC(=O)N1CCCN(Cc2ccc(F)cc2)CCN(C(=O)C2CC(=O)N(CCc3ccc(F)cc3)C2)Cc2ccccc21. The van der Waals surface area contributed by atoms with E-state index in [2.05, 4.69) is 4.90 Å². The van der Waals surface area contributed by atoms with Crippen LogP contribution in [0, 0.1) is 17.6 Å². The zero-order valence-corrected chi connectivity index (χ0v) is 24.6. The molecule has 0 bridgehead atoms. The maximum Gasteiger partial charge on any atom is 0.228 e. The molecular weight excluding hydrogens is 550 g/mol. The minimum atomic E-state index is -0.465. The lowest BCUT2D eigenvalue weighted by Gasteiger charge is -2.30. The number of fused-ring (bicyclic) bond motifs is 1. The highest BCUT2D eigenvalue weighted by Gasteiger charge is 2.36. The van der Waals surface area contributed by atoms with Crippen LogP contribution in [0.5, 0.6) is 0 Å². The Morgan fingerprint density at radius 1 is 0.837 bits per heavy atom. The lowest BCUT2D eigenvalue weighted by molar-refractivity contribution is -0.136. The Kier molecular flexibility index (Phi) is 9.82. The second kappa shape index (κ2) is 13.9. The second-order valence-corrected chi connectivity index (χ2v) is 11.4. The van der Waals surface area contributed by atoms with Crippen molar-refractivity contribution >= 4 is 23.4 Å². The van der Waals surface area contributed by atoms with Gasteiger partial charge in [0.15, 0.2) is 0 Å². The normalized spacial score (nSPS) is 18.3. The van der Waals surface area contributed by atoms with E-state index in [1.165, 1.54) is 24.3 Å². The third-order valence-electron chi connectivity index (χ3n) is 8.34. The van der Waals surface area contributed by atoms with E-state index < -0.39 is 5.92 Å². The topological polar surface area (TPSA) is 64.2 Å². The summed E-state index contributed by atoms with van der Waals surface area (Å²) in [5.74, 6) is -1.25. The summed E-state index contributed by atoms with van der Waals surface area (Å²) in [5, 5.41) is 0. The van der Waals surface area contributed by atoms with Crippen molar-refractivity contribution in [1.82, 2.24) is 14.7 Å². The molecule has 3 aromatic carbocycles. The predicted octanol–water partition coefficient (Wildman–Crippen LogP) is 4.64. The Balaban J connectivity index is 1.34. The molecular formula is C34H38F2N4O3. The van der Waals surface area contributed by atoms with Gasteiger partial charge in [0.2, 0.25) is 17.7 Å². The fourth-order valence-corrected chi connectivity index (χ4v) is 5.99. The number of rotatable bonds is 6. The quantitative estimate of drug-likeness (QED) is 0.421. The van der Waals surface area contributed by atoms with E-state index in [1.807, 2.05) is 29.2 Å². The second-order valence-electron chi connectivity index (χ2n) is 11.4. The summed E-state index contributed by atoms with van der Waals surface area (Å²) in [5.41, 5.74) is 3.58. The van der Waals surface area contributed by atoms with Gasteiger partial charge in [0, 0.05) is 71.4 Å². The van der Waals surface area contributed by atoms with Crippen molar-refractivity contribution in [3.05, 3.63) is 101 Å². The van der Waals surface area contributed by atoms with E-state index in [4.69, 9.17) is 0 Å². The van der Waals surface area contributed by atoms with E-state index in [9.17, 15) is 23.2 Å². The number of likely N-dealkylation sites (tertiary alicyclic amines) is 1. The highest BCUT2D eigenvalue weighted by molar-refractivity contribution is 5.93. The number of carbonyl (C=O) groups is 3. The molecule has 0 aromatic heterocycles. The van der Waals surface area contributed by atoms with Crippen LogP contribution in [0.1, 0.15) is 36.5 Å². The van der Waals surface area contributed by atoms with Crippen LogP contribution in [0.2, 0.25) is 0 Å². The highest BCUT2D eigenvalue weighted by atomic mass is 19.1. The summed E-state index contributed by atoms with van der Waals surface area (Å²) < 4.78 is 26.8. The molecule has 226 valence electrons. The Labute approximate surface area is 251 Å². The van der Waals surface area contributed by atoms with Crippen molar-refractivity contribution < 1.29 is 23.2 Å². The first-order chi connectivity index (χ1) is 20.8. The summed E-state index contributed by atoms with van der Waals surface area (Å²) >= 11 is 0. The van der Waals surface area contributed by atoms with Crippen molar-refractivity contribution in [2.45, 2.75) is 39.3 Å². The molecule has 2 aliphatic rings. The molecule has 1 atom stereocenters. The van der Waals surface area contributed by atoms with Gasteiger partial charge in [0.05, 0.1) is 5.92 Å². The average Bonchev–Trinajstić information content (AvgIpc) is 3.36. The maximum absolute atomic E-state index is 14.0. The number of benzene rings is 3. The average molecular weight is 589 g/mol. The van der Waals surface area contributed by atoms with Crippen LogP contribution in [0.15, 0.2) is 72.8 Å². The predicted molar refractivity (Wildman–Crippen MR) is 161 cm³/mol. The highest BCUT2D eigenvalue weighted by Crippen LogP contribution is 2.27. The molecule has 43 heavy (non-hydrogen) atoms. The third-order valence-corrected chi connectivity index (χ3v) is 8.34. The van der Waals surface area contributed by atoms with Gasteiger partial charge in [-0.2, -0.15) is 0 Å². The minimum absolute atomic E-state index is 0.0561. The molecule has 0 spiro atoms. The molecule has 5 rings (SSSR count). The first kappa shape index (κ1) is 30.4. The monoisotopic (exact) mass is 588 g/mol. The van der Waals surface area contributed by atoms with E-state index in [0.717, 1.165) is 28.8 Å². The number of amides is 3. The standard InChI is InChI=1S/C34H38F2N4O3/c1-25(41)40-17-4-16-37(22-27-9-13-31(36)14-10-27)19-20-39(23-28-5-2-3-6-32(28)40)34(43)29-21-33(42)38(24-29)18-15-26-7-11-30(35)12-8-26/h2-3,5-14,29H,4,15-24H2,1H3. The molecule has 2 aliphatic heterocycles. The van der Waals surface area contributed by atoms with Crippen molar-refractivity contribution in [1.29, 1.82) is 0 Å². The third kappa shape index (κ3) is 7.84. The van der Waals surface area contributed by atoms with Crippen LogP contribution < -0.4 is 4.90 Å². The molecule has 0 N–H and O–H groups in total. The zero-order chi connectivity index (χ0) is 30.3. The number of nitrogens with zero attached hydrogens (tertiary/aromatic N) is 4. The van der Waals surface area contributed by atoms with Crippen LogP contribution in [-0.2, 0) is 33.9 Å². The number of carbonyl (C=O) groups excluding carboxylic acids is 3. The summed E-state index contributed by atoms with van der Waals surface area (Å²) in [6.45, 7) is 5.57. The Morgan fingerprint density at radius 3 is 2.21 bits per heavy atom. The molecule has 0 radical (unpaired) electrons. The summed E-state index contributed by atoms with van der Waals surface area (Å²) in [6, 6.07) is 20.4. The van der Waals surface area contributed by atoms with E-state index in [0.29, 0.717) is 58.8 Å². The molecule has 1 fully saturated rings. The van der Waals surface area contributed by atoms with Gasteiger partial charge in [0.1, 0.15) is 11.6 Å². The van der Waals surface area contributed by atoms with Gasteiger partial charge in [-0.05, 0) is 59.9 Å². The fourth-order valence-electron chi connectivity index (χ4n) is 5.99. The van der Waals surface area contributed by atoms with Crippen LogP contribution in [0.25, 0.3) is 0 Å². The molecule has 9 heteroatoms. The molecule has 2 heterocycles. The van der Waals surface area contributed by atoms with E-state index in [-0.39, 0.29) is 35.8 Å². The minimum Gasteiger partial charge on any atom is -0.342 e. The van der Waals surface area contributed by atoms with Gasteiger partial charge in [-0.3, -0.25) is 19.3 Å². The van der Waals surface area contributed by atoms with Crippen molar-refractivity contribution in [2.75, 3.05) is 44.2 Å². The first-order valence-corrected chi connectivity index (χ1v) is 14.9. The van der Waals surface area contributed by atoms with Crippen LogP contribution in [0.3, 0.4) is 0 Å². The molecule has 0 aliphatic carbocycles. The van der Waals surface area contributed by atoms with Crippen LogP contribution >= 0.6 is 0 Å². The van der Waals surface area contributed by atoms with Gasteiger partial charge >= 0.3 is 0 Å². The smallest absolute Gasteiger partial charge is 0.228 e. The Bertz CT molecular complexity index is 1430. The molecule has 7 nitrogen and oxygen atoms in total. The van der Waals surface area contributed by atoms with Gasteiger partial charge in [-0.15, -0.1) is 0 Å². The van der Waals surface area contributed by atoms with Gasteiger partial charge < -0.3 is 14.7 Å². The maximum atomic E-state index is 14.0. The number of halogens is 2. The van der Waals surface area contributed by atoms with Gasteiger partial charge in [0.25, 0.3) is 0 Å². The lowest BCUT2D eigenvalue weighted by Crippen LogP contribution is -2.42. The zero-order valence-electron chi connectivity index (χ0n) is 24.6. The lowest BCUT2D eigenvalue weighted by atomic mass is 10.1. The first-order valence-electron chi connectivity index (χ1n) is 14.9. The molecule has 1 saturated heterocycles. The van der Waals surface area contributed by atoms with E-state index in [1.54, 1.807) is 41.0 Å². The number of hydrogen-bond acceptors (Lipinski definition) is 4. The summed E-state index contributed by atoms with van der Waals surface area (Å²) in [4.78, 5) is 47.3. The Morgan fingerprint density at radius 2 is 1.51 bits per heavy atom. The fraction of sp³-hybridized carbons (Fsp3) is 0.382. The van der Waals surface area contributed by atoms with Crippen molar-refractivity contribution in [3.8, 4) is 0 Å². The molecule has 0 saturated carbocycles. The number of hydrogen-bond donors (Lipinski definition) is 0. The molecule has 3 amide bonds. The van der Waals surface area contributed by atoms with Crippen molar-refractivity contribution in [2.24, 2.45) is 5.92 Å². The summed E-state index contributed by atoms with van der Waals surface area (Å²) in [7, 11) is 0.